The molecule has 1 aromatic heterocycles. The van der Waals surface area contributed by atoms with Crippen LogP contribution in [-0.4, -0.2) is 48.8 Å². The van der Waals surface area contributed by atoms with Gasteiger partial charge in [0.1, 0.15) is 23.9 Å². The molecule has 2 N–H and O–H groups in total. The number of nitrogens with zero attached hydrogens (tertiary/aromatic N) is 1. The number of likely N-dealkylation sites (tertiary alicyclic amines) is 1. The van der Waals surface area contributed by atoms with Crippen LogP contribution in [-0.2, 0) is 10.9 Å². The number of methoxy groups -OCH3 is 1. The van der Waals surface area contributed by atoms with Crippen molar-refractivity contribution in [2.75, 3.05) is 32.1 Å². The molecule has 5 rings (SSSR count). The normalized spacial score (nSPS) is 23.8. The molecule has 1 fully saturated rings. The van der Waals surface area contributed by atoms with Gasteiger partial charge >= 0.3 is 6.18 Å². The fourth-order valence-corrected chi connectivity index (χ4v) is 4.71. The molecule has 3 atom stereocenters. The maximum absolute atomic E-state index is 13.8. The van der Waals surface area contributed by atoms with E-state index >= 15 is 0 Å². The quantitative estimate of drug-likeness (QED) is 0.553. The molecule has 5 nitrogen and oxygen atoms in total. The number of hydrogen-bond acceptors (Lipinski definition) is 4. The minimum Gasteiger partial charge on any atom is -0.491 e. The molecule has 0 spiro atoms. The SMILES string of the molecule is CO[C@@H]1CCN([C@H]2COc3cc(F)ccc3[C@@H]2Nc2cccc3[nH]c(C(F)(F)F)cc23)C1. The van der Waals surface area contributed by atoms with Gasteiger partial charge in [0, 0.05) is 48.4 Å². The number of hydrogen-bond donors (Lipinski definition) is 2. The van der Waals surface area contributed by atoms with Crippen LogP contribution < -0.4 is 10.1 Å². The molecule has 2 aliphatic rings. The van der Waals surface area contributed by atoms with Gasteiger partial charge in [-0.2, -0.15) is 13.2 Å². The largest absolute Gasteiger partial charge is 0.491 e. The van der Waals surface area contributed by atoms with Crippen LogP contribution in [0.1, 0.15) is 23.7 Å². The predicted octanol–water partition coefficient (Wildman–Crippen LogP) is 4.96. The number of anilines is 1. The standard InChI is InChI=1S/C23H23F4N3O2/c1-31-14-7-8-30(11-14)19-12-32-20-9-13(24)5-6-15(20)22(19)29-18-4-2-3-17-16(18)10-21(28-17)23(25,26)27/h2-6,9-10,14,19,22,28-29H,7-8,11-12H2,1H3/t14-,19+,22+/m1/s1. The Balaban J connectivity index is 1.54. The minimum atomic E-state index is -4.47. The molecule has 32 heavy (non-hydrogen) atoms. The number of aromatic amines is 1. The minimum absolute atomic E-state index is 0.0932. The fourth-order valence-electron chi connectivity index (χ4n) is 4.71. The lowest BCUT2D eigenvalue weighted by Gasteiger charge is -2.39. The second-order valence-corrected chi connectivity index (χ2v) is 8.27. The molecule has 0 amide bonds. The van der Waals surface area contributed by atoms with E-state index in [0.29, 0.717) is 28.9 Å². The van der Waals surface area contributed by atoms with Gasteiger partial charge in [-0.1, -0.05) is 12.1 Å². The van der Waals surface area contributed by atoms with Crippen molar-refractivity contribution in [1.82, 2.24) is 9.88 Å². The van der Waals surface area contributed by atoms with Gasteiger partial charge in [-0.3, -0.25) is 4.90 Å². The number of halogens is 4. The van der Waals surface area contributed by atoms with Crippen LogP contribution in [0.25, 0.3) is 10.9 Å². The lowest BCUT2D eigenvalue weighted by molar-refractivity contribution is -0.140. The van der Waals surface area contributed by atoms with E-state index in [2.05, 4.69) is 15.2 Å². The number of benzene rings is 2. The first-order chi connectivity index (χ1) is 15.3. The molecule has 0 aliphatic carbocycles. The first-order valence-electron chi connectivity index (χ1n) is 10.5. The van der Waals surface area contributed by atoms with Gasteiger partial charge in [-0.05, 0) is 30.7 Å². The third kappa shape index (κ3) is 3.80. The lowest BCUT2D eigenvalue weighted by atomic mass is 9.94. The molecular weight excluding hydrogens is 426 g/mol. The Hall–Kier alpha value is -2.78. The van der Waals surface area contributed by atoms with Gasteiger partial charge in [-0.25, -0.2) is 4.39 Å². The van der Waals surface area contributed by atoms with Crippen LogP contribution in [0.2, 0.25) is 0 Å². The van der Waals surface area contributed by atoms with Crippen molar-refractivity contribution < 1.29 is 27.0 Å². The summed E-state index contributed by atoms with van der Waals surface area (Å²) in [5, 5.41) is 3.90. The third-order valence-electron chi connectivity index (χ3n) is 6.36. The topological polar surface area (TPSA) is 49.5 Å². The van der Waals surface area contributed by atoms with Crippen molar-refractivity contribution in [3.05, 3.63) is 59.5 Å². The Kier molecular flexibility index (Phi) is 5.25. The van der Waals surface area contributed by atoms with Crippen molar-refractivity contribution in [3.8, 4) is 5.75 Å². The van der Waals surface area contributed by atoms with Crippen LogP contribution in [0.4, 0.5) is 23.2 Å². The smallest absolute Gasteiger partial charge is 0.431 e. The van der Waals surface area contributed by atoms with Gasteiger partial charge in [-0.15, -0.1) is 0 Å². The highest BCUT2D eigenvalue weighted by Crippen LogP contribution is 2.40. The van der Waals surface area contributed by atoms with E-state index in [0.717, 1.165) is 31.1 Å². The third-order valence-corrected chi connectivity index (χ3v) is 6.36. The number of nitrogens with one attached hydrogen (secondary N) is 2. The lowest BCUT2D eigenvalue weighted by Crippen LogP contribution is -2.47. The molecule has 1 saturated heterocycles. The van der Waals surface area contributed by atoms with E-state index in [1.807, 2.05) is 0 Å². The summed E-state index contributed by atoms with van der Waals surface area (Å²) in [5.41, 5.74) is 0.942. The summed E-state index contributed by atoms with van der Waals surface area (Å²) in [6.07, 6.45) is -3.46. The maximum atomic E-state index is 13.8. The summed E-state index contributed by atoms with van der Waals surface area (Å²) in [6, 6.07) is 10.2. The molecular formula is C23H23F4N3O2. The summed E-state index contributed by atoms with van der Waals surface area (Å²) in [6.45, 7) is 1.88. The van der Waals surface area contributed by atoms with Crippen molar-refractivity contribution in [3.63, 3.8) is 0 Å². The molecule has 0 radical (unpaired) electrons. The summed E-state index contributed by atoms with van der Waals surface area (Å²) in [7, 11) is 1.68. The molecule has 3 aromatic rings. The molecule has 0 bridgehead atoms. The monoisotopic (exact) mass is 449 g/mol. The average Bonchev–Trinajstić information content (AvgIpc) is 3.41. The number of alkyl halides is 3. The first-order valence-corrected chi connectivity index (χ1v) is 10.5. The van der Waals surface area contributed by atoms with Gasteiger partial charge in [0.25, 0.3) is 0 Å². The van der Waals surface area contributed by atoms with Gasteiger partial charge in [0.05, 0.1) is 18.2 Å². The van der Waals surface area contributed by atoms with E-state index < -0.39 is 17.7 Å². The van der Waals surface area contributed by atoms with Crippen molar-refractivity contribution in [2.24, 2.45) is 0 Å². The second-order valence-electron chi connectivity index (χ2n) is 8.27. The molecule has 0 unspecified atom stereocenters. The zero-order valence-corrected chi connectivity index (χ0v) is 17.4. The van der Waals surface area contributed by atoms with E-state index in [1.54, 1.807) is 31.4 Å². The second kappa shape index (κ2) is 7.97. The highest BCUT2D eigenvalue weighted by molar-refractivity contribution is 5.93. The van der Waals surface area contributed by atoms with Crippen molar-refractivity contribution in [1.29, 1.82) is 0 Å². The van der Waals surface area contributed by atoms with Gasteiger partial charge in [0.15, 0.2) is 0 Å². The summed E-state index contributed by atoms with van der Waals surface area (Å²) in [5.74, 6) is 0.0441. The predicted molar refractivity (Wildman–Crippen MR) is 112 cm³/mol. The Labute approximate surface area is 182 Å². The van der Waals surface area contributed by atoms with E-state index in [4.69, 9.17) is 9.47 Å². The van der Waals surface area contributed by atoms with Crippen LogP contribution in [0.5, 0.6) is 5.75 Å². The molecule has 0 saturated carbocycles. The molecule has 9 heteroatoms. The molecule has 2 aliphatic heterocycles. The van der Waals surface area contributed by atoms with Crippen LogP contribution in [0.3, 0.4) is 0 Å². The van der Waals surface area contributed by atoms with E-state index in [1.165, 1.54) is 12.1 Å². The number of H-pyrrole nitrogens is 1. The zero-order valence-electron chi connectivity index (χ0n) is 17.4. The Morgan fingerprint density at radius 2 is 2.03 bits per heavy atom. The maximum Gasteiger partial charge on any atom is 0.431 e. The summed E-state index contributed by atoms with van der Waals surface area (Å²) >= 11 is 0. The average molecular weight is 449 g/mol. The van der Waals surface area contributed by atoms with Gasteiger partial charge in [0.2, 0.25) is 0 Å². The highest BCUT2D eigenvalue weighted by Gasteiger charge is 2.39. The molecule has 170 valence electrons. The Morgan fingerprint density at radius 3 is 2.78 bits per heavy atom. The number of ether oxygens (including phenoxy) is 2. The van der Waals surface area contributed by atoms with Crippen LogP contribution >= 0.6 is 0 Å². The number of aromatic nitrogens is 1. The molecule has 2 aromatic carbocycles. The Bertz CT molecular complexity index is 1130. The van der Waals surface area contributed by atoms with Crippen LogP contribution in [0.15, 0.2) is 42.5 Å². The first kappa shape index (κ1) is 21.1. The number of fused-ring (bicyclic) bond motifs is 2. The highest BCUT2D eigenvalue weighted by atomic mass is 19.4. The number of rotatable bonds is 4. The van der Waals surface area contributed by atoms with Gasteiger partial charge < -0.3 is 19.8 Å². The molecule has 3 heterocycles. The summed E-state index contributed by atoms with van der Waals surface area (Å²) in [4.78, 5) is 4.71. The van der Waals surface area contributed by atoms with E-state index in [9.17, 15) is 17.6 Å². The van der Waals surface area contributed by atoms with E-state index in [-0.39, 0.29) is 18.2 Å². The zero-order chi connectivity index (χ0) is 22.5. The van der Waals surface area contributed by atoms with Crippen molar-refractivity contribution in [2.45, 2.75) is 30.8 Å². The summed E-state index contributed by atoms with van der Waals surface area (Å²) < 4.78 is 65.0. The fraction of sp³-hybridized carbons (Fsp3) is 0.391. The van der Waals surface area contributed by atoms with Crippen LogP contribution in [0, 0.1) is 5.82 Å². The van der Waals surface area contributed by atoms with Crippen molar-refractivity contribution >= 4 is 16.6 Å². The Morgan fingerprint density at radius 1 is 1.19 bits per heavy atom.